The monoisotopic (exact) mass is 232 g/mol. The van der Waals surface area contributed by atoms with Gasteiger partial charge in [-0.25, -0.2) is 0 Å². The van der Waals surface area contributed by atoms with Crippen molar-refractivity contribution in [2.24, 2.45) is 0 Å². The van der Waals surface area contributed by atoms with Crippen LogP contribution in [0.15, 0.2) is 40.9 Å². The highest BCUT2D eigenvalue weighted by Crippen LogP contribution is 2.17. The van der Waals surface area contributed by atoms with Crippen molar-refractivity contribution >= 4 is 11.6 Å². The van der Waals surface area contributed by atoms with E-state index in [4.69, 9.17) is 9.26 Å². The molecule has 88 valence electrons. The number of para-hydroxylation sites is 1. The summed E-state index contributed by atoms with van der Waals surface area (Å²) >= 11 is 0. The van der Waals surface area contributed by atoms with Crippen LogP contribution in [-0.2, 0) is 0 Å². The second-order valence-electron chi connectivity index (χ2n) is 3.43. The molecule has 0 fully saturated rings. The van der Waals surface area contributed by atoms with Crippen LogP contribution in [0.4, 0.5) is 5.69 Å². The van der Waals surface area contributed by atoms with E-state index in [9.17, 15) is 4.79 Å². The topological polar surface area (TPSA) is 55.6 Å². The molecular weight excluding hydrogens is 220 g/mol. The molecule has 1 amide bonds. The standard InChI is InChI=1S/C12H12N2O3/c1-14(9-6-4-3-5-7-9)12(15)10-8-11(16-2)13-17-10/h3-8H,1-2H3. The Bertz CT molecular complexity index is 507. The lowest BCUT2D eigenvalue weighted by Crippen LogP contribution is -2.25. The smallest absolute Gasteiger partial charge is 0.296 e. The van der Waals surface area contributed by atoms with Crippen LogP contribution in [0.5, 0.6) is 5.88 Å². The molecule has 0 aliphatic rings. The molecule has 0 saturated heterocycles. The Morgan fingerprint density at radius 1 is 1.35 bits per heavy atom. The summed E-state index contributed by atoms with van der Waals surface area (Å²) in [4.78, 5) is 13.5. The molecule has 0 unspecified atom stereocenters. The Kier molecular flexibility index (Phi) is 3.09. The van der Waals surface area contributed by atoms with E-state index in [1.54, 1.807) is 7.05 Å². The zero-order valence-corrected chi connectivity index (χ0v) is 9.58. The molecule has 1 aromatic heterocycles. The predicted octanol–water partition coefficient (Wildman–Crippen LogP) is 1.96. The lowest BCUT2D eigenvalue weighted by atomic mass is 10.3. The molecule has 2 aromatic rings. The Balaban J connectivity index is 2.20. The third-order valence-corrected chi connectivity index (χ3v) is 2.36. The second kappa shape index (κ2) is 4.69. The number of amides is 1. The largest absolute Gasteiger partial charge is 0.479 e. The van der Waals surface area contributed by atoms with Crippen molar-refractivity contribution in [2.75, 3.05) is 19.1 Å². The average Bonchev–Trinajstić information content (AvgIpc) is 2.87. The Morgan fingerprint density at radius 3 is 2.65 bits per heavy atom. The molecule has 0 spiro atoms. The van der Waals surface area contributed by atoms with E-state index in [2.05, 4.69) is 5.16 Å². The van der Waals surface area contributed by atoms with Crippen molar-refractivity contribution in [1.29, 1.82) is 0 Å². The van der Waals surface area contributed by atoms with Gasteiger partial charge in [-0.15, -0.1) is 0 Å². The van der Waals surface area contributed by atoms with Gasteiger partial charge in [-0.3, -0.25) is 4.79 Å². The van der Waals surface area contributed by atoms with Crippen molar-refractivity contribution in [3.05, 3.63) is 42.2 Å². The van der Waals surface area contributed by atoms with Gasteiger partial charge in [-0.2, -0.15) is 0 Å². The van der Waals surface area contributed by atoms with Crippen LogP contribution < -0.4 is 9.64 Å². The maximum atomic E-state index is 12.0. The van der Waals surface area contributed by atoms with Gasteiger partial charge in [0.25, 0.3) is 11.8 Å². The predicted molar refractivity (Wildman–Crippen MR) is 62.2 cm³/mol. The maximum absolute atomic E-state index is 12.0. The van der Waals surface area contributed by atoms with E-state index in [0.717, 1.165) is 5.69 Å². The molecule has 0 radical (unpaired) electrons. The zero-order chi connectivity index (χ0) is 12.3. The van der Waals surface area contributed by atoms with Gasteiger partial charge in [-0.1, -0.05) is 18.2 Å². The molecule has 0 saturated carbocycles. The van der Waals surface area contributed by atoms with Gasteiger partial charge >= 0.3 is 0 Å². The molecule has 1 aromatic carbocycles. The van der Waals surface area contributed by atoms with Crippen molar-refractivity contribution in [3.8, 4) is 5.88 Å². The van der Waals surface area contributed by atoms with E-state index >= 15 is 0 Å². The van der Waals surface area contributed by atoms with Gasteiger partial charge in [0.15, 0.2) is 0 Å². The highest BCUT2D eigenvalue weighted by Gasteiger charge is 2.18. The van der Waals surface area contributed by atoms with Crippen molar-refractivity contribution in [1.82, 2.24) is 5.16 Å². The summed E-state index contributed by atoms with van der Waals surface area (Å²) in [6, 6.07) is 10.7. The van der Waals surface area contributed by atoms with Crippen LogP contribution in [-0.4, -0.2) is 25.2 Å². The number of carbonyl (C=O) groups excluding carboxylic acids is 1. The van der Waals surface area contributed by atoms with Crippen LogP contribution >= 0.6 is 0 Å². The van der Waals surface area contributed by atoms with Gasteiger partial charge in [0.05, 0.1) is 13.2 Å². The molecule has 0 aliphatic heterocycles. The number of hydrogen-bond acceptors (Lipinski definition) is 4. The number of nitrogens with zero attached hydrogens (tertiary/aromatic N) is 2. The minimum atomic E-state index is -0.271. The summed E-state index contributed by atoms with van der Waals surface area (Å²) in [6.45, 7) is 0. The van der Waals surface area contributed by atoms with Gasteiger partial charge in [0.1, 0.15) is 0 Å². The summed E-state index contributed by atoms with van der Waals surface area (Å²) in [5, 5.41) is 3.59. The van der Waals surface area contributed by atoms with Crippen LogP contribution in [0, 0.1) is 0 Å². The molecular formula is C12H12N2O3. The molecule has 2 rings (SSSR count). The number of hydrogen-bond donors (Lipinski definition) is 0. The van der Waals surface area contributed by atoms with E-state index in [1.165, 1.54) is 18.1 Å². The average molecular weight is 232 g/mol. The van der Waals surface area contributed by atoms with Crippen molar-refractivity contribution in [3.63, 3.8) is 0 Å². The minimum Gasteiger partial charge on any atom is -0.479 e. The number of rotatable bonds is 3. The Hall–Kier alpha value is -2.30. The third kappa shape index (κ3) is 2.28. The molecule has 5 heteroatoms. The molecule has 17 heavy (non-hydrogen) atoms. The molecule has 0 bridgehead atoms. The maximum Gasteiger partial charge on any atom is 0.296 e. The fraction of sp³-hybridized carbons (Fsp3) is 0.167. The number of carbonyl (C=O) groups is 1. The number of benzene rings is 1. The van der Waals surface area contributed by atoms with Gasteiger partial charge < -0.3 is 14.2 Å². The number of methoxy groups -OCH3 is 1. The number of anilines is 1. The zero-order valence-electron chi connectivity index (χ0n) is 9.58. The minimum absolute atomic E-state index is 0.146. The Morgan fingerprint density at radius 2 is 2.06 bits per heavy atom. The fourth-order valence-electron chi connectivity index (χ4n) is 1.39. The van der Waals surface area contributed by atoms with E-state index < -0.39 is 0 Å². The first-order valence-corrected chi connectivity index (χ1v) is 5.06. The van der Waals surface area contributed by atoms with Crippen LogP contribution in [0.3, 0.4) is 0 Å². The number of aromatic nitrogens is 1. The summed E-state index contributed by atoms with van der Waals surface area (Å²) < 4.78 is 9.75. The SMILES string of the molecule is COc1cc(C(=O)N(C)c2ccccc2)on1. The van der Waals surface area contributed by atoms with Gasteiger partial charge in [-0.05, 0) is 17.3 Å². The summed E-state index contributed by atoms with van der Waals surface area (Å²) in [7, 11) is 3.14. The normalized spacial score (nSPS) is 10.0. The first kappa shape index (κ1) is 11.2. The third-order valence-electron chi connectivity index (χ3n) is 2.36. The van der Waals surface area contributed by atoms with Crippen molar-refractivity contribution in [2.45, 2.75) is 0 Å². The molecule has 5 nitrogen and oxygen atoms in total. The van der Waals surface area contributed by atoms with E-state index in [-0.39, 0.29) is 17.5 Å². The van der Waals surface area contributed by atoms with E-state index in [0.29, 0.717) is 0 Å². The summed E-state index contributed by atoms with van der Waals surface area (Å²) in [5.41, 5.74) is 0.785. The molecule has 0 aliphatic carbocycles. The molecule has 0 N–H and O–H groups in total. The van der Waals surface area contributed by atoms with Crippen LogP contribution in [0.25, 0.3) is 0 Å². The lowest BCUT2D eigenvalue weighted by Gasteiger charge is -2.14. The van der Waals surface area contributed by atoms with E-state index in [1.807, 2.05) is 30.3 Å². The first-order chi connectivity index (χ1) is 8.22. The lowest BCUT2D eigenvalue weighted by molar-refractivity contribution is 0.0957. The highest BCUT2D eigenvalue weighted by atomic mass is 16.5. The van der Waals surface area contributed by atoms with Crippen molar-refractivity contribution < 1.29 is 14.1 Å². The van der Waals surface area contributed by atoms with Crippen LogP contribution in [0.2, 0.25) is 0 Å². The van der Waals surface area contributed by atoms with Gasteiger partial charge in [0.2, 0.25) is 5.76 Å². The summed E-state index contributed by atoms with van der Waals surface area (Å²) in [5.74, 6) is 0.162. The highest BCUT2D eigenvalue weighted by molar-refractivity contribution is 6.03. The van der Waals surface area contributed by atoms with Crippen LogP contribution in [0.1, 0.15) is 10.6 Å². The molecule has 0 atom stereocenters. The fourth-order valence-corrected chi connectivity index (χ4v) is 1.39. The quantitative estimate of drug-likeness (QED) is 0.811. The summed E-state index contributed by atoms with van der Waals surface area (Å²) in [6.07, 6.45) is 0. The van der Waals surface area contributed by atoms with Gasteiger partial charge in [0, 0.05) is 12.7 Å². The second-order valence-corrected chi connectivity index (χ2v) is 3.43. The number of ether oxygens (including phenoxy) is 1. The first-order valence-electron chi connectivity index (χ1n) is 5.06. The molecule has 1 heterocycles. The Labute approximate surface area is 98.6 Å².